The molecule has 0 saturated heterocycles. The Kier molecular flexibility index (Phi) is 5.35. The van der Waals surface area contributed by atoms with Crippen LogP contribution in [-0.4, -0.2) is 19.1 Å². The Labute approximate surface area is 124 Å². The minimum atomic E-state index is -0.180. The van der Waals surface area contributed by atoms with Crippen LogP contribution in [-0.2, 0) is 11.2 Å². The number of benzene rings is 2. The highest BCUT2D eigenvalue weighted by Crippen LogP contribution is 2.20. The number of carbonyl (C=O) groups excluding carboxylic acids is 1. The lowest BCUT2D eigenvalue weighted by Gasteiger charge is -2.12. The Bertz CT molecular complexity index is 597. The van der Waals surface area contributed by atoms with Crippen LogP contribution in [0.15, 0.2) is 48.5 Å². The number of anilines is 1. The second-order valence-corrected chi connectivity index (χ2v) is 4.85. The van der Waals surface area contributed by atoms with Gasteiger partial charge in [-0.2, -0.15) is 0 Å². The molecule has 3 N–H and O–H groups in total. The maximum Gasteiger partial charge on any atom is 0.262 e. The molecule has 4 heteroatoms. The van der Waals surface area contributed by atoms with Crippen LogP contribution in [0.2, 0.25) is 0 Å². The van der Waals surface area contributed by atoms with E-state index in [1.807, 2.05) is 55.5 Å². The van der Waals surface area contributed by atoms with E-state index >= 15 is 0 Å². The molecule has 0 radical (unpaired) electrons. The van der Waals surface area contributed by atoms with Gasteiger partial charge in [0.25, 0.3) is 5.91 Å². The number of hydrogen-bond acceptors (Lipinski definition) is 3. The highest BCUT2D eigenvalue weighted by atomic mass is 16.5. The van der Waals surface area contributed by atoms with Gasteiger partial charge in [-0.25, -0.2) is 0 Å². The van der Waals surface area contributed by atoms with Crippen LogP contribution in [0.5, 0.6) is 5.75 Å². The summed E-state index contributed by atoms with van der Waals surface area (Å²) in [5, 5.41) is 2.79. The summed E-state index contributed by atoms with van der Waals surface area (Å²) < 4.78 is 5.61. The van der Waals surface area contributed by atoms with Gasteiger partial charge in [-0.15, -0.1) is 0 Å². The molecule has 0 aliphatic rings. The second-order valence-electron chi connectivity index (χ2n) is 4.85. The van der Waals surface area contributed by atoms with E-state index in [4.69, 9.17) is 10.5 Å². The summed E-state index contributed by atoms with van der Waals surface area (Å²) in [6.45, 7) is 2.55. The minimum Gasteiger partial charge on any atom is -0.483 e. The molecule has 0 fully saturated rings. The van der Waals surface area contributed by atoms with Gasteiger partial charge in [0.2, 0.25) is 0 Å². The SMILES string of the molecule is Cc1ccc(OCC(=O)Nc2ccccc2)c(CCN)c1. The molecule has 4 nitrogen and oxygen atoms in total. The Balaban J connectivity index is 1.95. The van der Waals surface area contributed by atoms with Gasteiger partial charge in [-0.1, -0.05) is 35.9 Å². The number of para-hydroxylation sites is 1. The van der Waals surface area contributed by atoms with Gasteiger partial charge < -0.3 is 15.8 Å². The number of ether oxygens (including phenoxy) is 1. The average Bonchev–Trinajstić information content (AvgIpc) is 2.48. The van der Waals surface area contributed by atoms with E-state index in [1.165, 1.54) is 0 Å². The Hall–Kier alpha value is -2.33. The van der Waals surface area contributed by atoms with Crippen LogP contribution in [0.25, 0.3) is 0 Å². The zero-order chi connectivity index (χ0) is 15.1. The topological polar surface area (TPSA) is 64.3 Å². The van der Waals surface area contributed by atoms with Gasteiger partial charge in [0.15, 0.2) is 6.61 Å². The number of rotatable bonds is 6. The van der Waals surface area contributed by atoms with Crippen molar-refractivity contribution in [2.24, 2.45) is 5.73 Å². The fourth-order valence-corrected chi connectivity index (χ4v) is 2.06. The van der Waals surface area contributed by atoms with Crippen LogP contribution in [0.3, 0.4) is 0 Å². The quantitative estimate of drug-likeness (QED) is 0.856. The zero-order valence-corrected chi connectivity index (χ0v) is 12.1. The van der Waals surface area contributed by atoms with Gasteiger partial charge in [-0.3, -0.25) is 4.79 Å². The van der Waals surface area contributed by atoms with Crippen LogP contribution in [0.1, 0.15) is 11.1 Å². The smallest absolute Gasteiger partial charge is 0.262 e. The van der Waals surface area contributed by atoms with Gasteiger partial charge in [0.1, 0.15) is 5.75 Å². The molecule has 21 heavy (non-hydrogen) atoms. The predicted octanol–water partition coefficient (Wildman–Crippen LogP) is 2.51. The fourth-order valence-electron chi connectivity index (χ4n) is 2.06. The lowest BCUT2D eigenvalue weighted by Crippen LogP contribution is -2.20. The van der Waals surface area contributed by atoms with E-state index in [-0.39, 0.29) is 12.5 Å². The highest BCUT2D eigenvalue weighted by Gasteiger charge is 2.07. The molecule has 0 unspecified atom stereocenters. The van der Waals surface area contributed by atoms with Crippen LogP contribution >= 0.6 is 0 Å². The number of carbonyl (C=O) groups is 1. The molecule has 2 aromatic carbocycles. The van der Waals surface area contributed by atoms with Crippen molar-refractivity contribution >= 4 is 11.6 Å². The van der Waals surface area contributed by atoms with E-state index in [2.05, 4.69) is 5.32 Å². The van der Waals surface area contributed by atoms with E-state index in [9.17, 15) is 4.79 Å². The van der Waals surface area contributed by atoms with E-state index in [0.29, 0.717) is 12.3 Å². The van der Waals surface area contributed by atoms with Crippen molar-refractivity contribution in [2.75, 3.05) is 18.5 Å². The Morgan fingerprint density at radius 1 is 1.19 bits per heavy atom. The number of nitrogens with two attached hydrogens (primary N) is 1. The molecule has 0 heterocycles. The van der Waals surface area contributed by atoms with Crippen molar-refractivity contribution in [3.05, 3.63) is 59.7 Å². The van der Waals surface area contributed by atoms with Gasteiger partial charge in [0.05, 0.1) is 0 Å². The first-order valence-electron chi connectivity index (χ1n) is 6.96. The average molecular weight is 284 g/mol. The fraction of sp³-hybridized carbons (Fsp3) is 0.235. The molecule has 0 saturated carbocycles. The maximum absolute atomic E-state index is 11.9. The first kappa shape index (κ1) is 15.1. The molecular weight excluding hydrogens is 264 g/mol. The normalized spacial score (nSPS) is 10.2. The number of nitrogens with one attached hydrogen (secondary N) is 1. The molecule has 0 aliphatic carbocycles. The van der Waals surface area contributed by atoms with Crippen molar-refractivity contribution in [3.8, 4) is 5.75 Å². The second kappa shape index (κ2) is 7.45. The first-order valence-corrected chi connectivity index (χ1v) is 6.96. The van der Waals surface area contributed by atoms with Gasteiger partial charge in [0, 0.05) is 5.69 Å². The summed E-state index contributed by atoms with van der Waals surface area (Å²) in [4.78, 5) is 11.9. The monoisotopic (exact) mass is 284 g/mol. The summed E-state index contributed by atoms with van der Waals surface area (Å²) in [6, 6.07) is 15.2. The molecule has 0 aromatic heterocycles. The third-order valence-corrected chi connectivity index (χ3v) is 3.05. The molecule has 2 aromatic rings. The molecule has 0 bridgehead atoms. The zero-order valence-electron chi connectivity index (χ0n) is 12.1. The highest BCUT2D eigenvalue weighted by molar-refractivity contribution is 5.91. The van der Waals surface area contributed by atoms with Crippen LogP contribution in [0.4, 0.5) is 5.69 Å². The molecular formula is C17H20N2O2. The van der Waals surface area contributed by atoms with Crippen LogP contribution in [0, 0.1) is 6.92 Å². The number of hydrogen-bond donors (Lipinski definition) is 2. The summed E-state index contributed by atoms with van der Waals surface area (Å²) in [5.74, 6) is 0.537. The predicted molar refractivity (Wildman–Crippen MR) is 84.5 cm³/mol. The first-order chi connectivity index (χ1) is 10.2. The number of amides is 1. The van der Waals surface area contributed by atoms with Crippen LogP contribution < -0.4 is 15.8 Å². The van der Waals surface area contributed by atoms with E-state index < -0.39 is 0 Å². The lowest BCUT2D eigenvalue weighted by molar-refractivity contribution is -0.118. The van der Waals surface area contributed by atoms with Crippen molar-refractivity contribution < 1.29 is 9.53 Å². The maximum atomic E-state index is 11.9. The summed E-state index contributed by atoms with van der Waals surface area (Å²) in [5.41, 5.74) is 8.55. The van der Waals surface area contributed by atoms with E-state index in [0.717, 1.165) is 23.2 Å². The van der Waals surface area contributed by atoms with Crippen molar-refractivity contribution in [1.82, 2.24) is 0 Å². The summed E-state index contributed by atoms with van der Waals surface area (Å²) in [6.07, 6.45) is 0.733. The molecule has 2 rings (SSSR count). The Morgan fingerprint density at radius 3 is 2.67 bits per heavy atom. The van der Waals surface area contributed by atoms with E-state index in [1.54, 1.807) is 0 Å². The Morgan fingerprint density at radius 2 is 1.95 bits per heavy atom. The number of aryl methyl sites for hydroxylation is 1. The van der Waals surface area contributed by atoms with Crippen molar-refractivity contribution in [2.45, 2.75) is 13.3 Å². The molecule has 1 amide bonds. The summed E-state index contributed by atoms with van der Waals surface area (Å²) in [7, 11) is 0. The van der Waals surface area contributed by atoms with Crippen molar-refractivity contribution in [1.29, 1.82) is 0 Å². The van der Waals surface area contributed by atoms with Gasteiger partial charge >= 0.3 is 0 Å². The standard InChI is InChI=1S/C17H20N2O2/c1-13-7-8-16(14(11-13)9-10-18)21-12-17(20)19-15-5-3-2-4-6-15/h2-8,11H,9-10,12,18H2,1H3,(H,19,20). The third-order valence-electron chi connectivity index (χ3n) is 3.05. The molecule has 110 valence electrons. The third kappa shape index (κ3) is 4.61. The minimum absolute atomic E-state index is 0.0183. The molecule has 0 atom stereocenters. The largest absolute Gasteiger partial charge is 0.483 e. The summed E-state index contributed by atoms with van der Waals surface area (Å²) >= 11 is 0. The van der Waals surface area contributed by atoms with Crippen molar-refractivity contribution in [3.63, 3.8) is 0 Å². The molecule has 0 spiro atoms. The lowest BCUT2D eigenvalue weighted by atomic mass is 10.1. The van der Waals surface area contributed by atoms with Gasteiger partial charge in [-0.05, 0) is 43.7 Å². The molecule has 0 aliphatic heterocycles.